The minimum absolute atomic E-state index is 0.0293. The highest BCUT2D eigenvalue weighted by Gasteiger charge is 2.14. The first kappa shape index (κ1) is 16.0. The van der Waals surface area contributed by atoms with Crippen molar-refractivity contribution in [3.05, 3.63) is 29.8 Å². The van der Waals surface area contributed by atoms with Crippen LogP contribution in [0.25, 0.3) is 0 Å². The van der Waals surface area contributed by atoms with Crippen LogP contribution in [0.1, 0.15) is 18.9 Å². The van der Waals surface area contributed by atoms with Crippen LogP contribution in [0.3, 0.4) is 0 Å². The number of nitrogens with zero attached hydrogens (tertiary/aromatic N) is 1. The summed E-state index contributed by atoms with van der Waals surface area (Å²) in [7, 11) is 1.33. The topological polar surface area (TPSA) is 55.8 Å². The average Bonchev–Trinajstić information content (AvgIpc) is 2.45. The normalized spacial score (nSPS) is 9.95. The summed E-state index contributed by atoms with van der Waals surface area (Å²) in [5, 5.41) is 0. The molecule has 0 saturated carbocycles. The lowest BCUT2D eigenvalue weighted by Gasteiger charge is -2.20. The summed E-state index contributed by atoms with van der Waals surface area (Å²) in [6.45, 7) is 4.68. The Hall–Kier alpha value is -2.04. The van der Waals surface area contributed by atoms with E-state index in [0.29, 0.717) is 18.8 Å². The molecule has 0 aliphatic carbocycles. The Morgan fingerprint density at radius 2 is 2.05 bits per heavy atom. The van der Waals surface area contributed by atoms with Crippen molar-refractivity contribution in [1.29, 1.82) is 0 Å². The predicted octanol–water partition coefficient (Wildman–Crippen LogP) is 1.79. The van der Waals surface area contributed by atoms with E-state index in [1.807, 2.05) is 38.1 Å². The maximum Gasteiger partial charge on any atom is 0.307 e. The van der Waals surface area contributed by atoms with Gasteiger partial charge in [-0.2, -0.15) is 0 Å². The molecule has 0 unspecified atom stereocenters. The van der Waals surface area contributed by atoms with E-state index in [1.54, 1.807) is 4.90 Å². The molecular formula is C15H21NO4. The zero-order valence-electron chi connectivity index (χ0n) is 12.2. The van der Waals surface area contributed by atoms with Crippen molar-refractivity contribution in [2.45, 2.75) is 20.3 Å². The minimum atomic E-state index is -0.323. The summed E-state index contributed by atoms with van der Waals surface area (Å²) >= 11 is 0. The van der Waals surface area contributed by atoms with Gasteiger partial charge in [-0.3, -0.25) is 9.59 Å². The maximum absolute atomic E-state index is 12.0. The molecule has 0 fully saturated rings. The van der Waals surface area contributed by atoms with E-state index in [1.165, 1.54) is 7.11 Å². The first-order valence-corrected chi connectivity index (χ1v) is 6.61. The number of likely N-dealkylation sites (N-methyl/N-ethyl adjacent to an activating group) is 1. The van der Waals surface area contributed by atoms with Crippen molar-refractivity contribution in [2.24, 2.45) is 0 Å². The van der Waals surface area contributed by atoms with Gasteiger partial charge in [0.2, 0.25) is 0 Å². The molecule has 1 aromatic rings. The second kappa shape index (κ2) is 8.19. The molecular weight excluding hydrogens is 258 g/mol. The molecule has 1 rings (SSSR count). The molecule has 110 valence electrons. The SMILES string of the molecule is CCN(CCC(=O)OC)C(=O)COc1cccc(C)c1. The van der Waals surface area contributed by atoms with Crippen LogP contribution in [0.2, 0.25) is 0 Å². The van der Waals surface area contributed by atoms with Gasteiger partial charge in [0.05, 0.1) is 13.5 Å². The third-order valence-electron chi connectivity index (χ3n) is 2.90. The van der Waals surface area contributed by atoms with Crippen molar-refractivity contribution >= 4 is 11.9 Å². The molecule has 0 spiro atoms. The van der Waals surface area contributed by atoms with Crippen LogP contribution in [-0.4, -0.2) is 43.6 Å². The summed E-state index contributed by atoms with van der Waals surface area (Å²) in [5.41, 5.74) is 1.08. The zero-order valence-corrected chi connectivity index (χ0v) is 12.2. The number of rotatable bonds is 7. The van der Waals surface area contributed by atoms with Crippen LogP contribution in [0.4, 0.5) is 0 Å². The molecule has 0 bridgehead atoms. The fraction of sp³-hybridized carbons (Fsp3) is 0.467. The van der Waals surface area contributed by atoms with Gasteiger partial charge in [-0.15, -0.1) is 0 Å². The molecule has 0 N–H and O–H groups in total. The van der Waals surface area contributed by atoms with Gasteiger partial charge in [-0.05, 0) is 31.5 Å². The fourth-order valence-electron chi connectivity index (χ4n) is 1.73. The maximum atomic E-state index is 12.0. The van der Waals surface area contributed by atoms with E-state index in [9.17, 15) is 9.59 Å². The van der Waals surface area contributed by atoms with Crippen LogP contribution >= 0.6 is 0 Å². The number of methoxy groups -OCH3 is 1. The molecule has 5 nitrogen and oxygen atoms in total. The first-order chi connectivity index (χ1) is 9.56. The third-order valence-corrected chi connectivity index (χ3v) is 2.90. The largest absolute Gasteiger partial charge is 0.484 e. The molecule has 1 amide bonds. The molecule has 5 heteroatoms. The second-order valence-electron chi connectivity index (χ2n) is 4.40. The minimum Gasteiger partial charge on any atom is -0.484 e. The molecule has 0 heterocycles. The quantitative estimate of drug-likeness (QED) is 0.714. The van der Waals surface area contributed by atoms with E-state index >= 15 is 0 Å². The molecule has 0 radical (unpaired) electrons. The molecule has 20 heavy (non-hydrogen) atoms. The number of ether oxygens (including phenoxy) is 2. The molecule has 0 aliphatic rings. The summed E-state index contributed by atoms with van der Waals surface area (Å²) < 4.78 is 10.0. The smallest absolute Gasteiger partial charge is 0.307 e. The Labute approximate surface area is 119 Å². The Kier molecular flexibility index (Phi) is 6.56. The van der Waals surface area contributed by atoms with Gasteiger partial charge in [-0.25, -0.2) is 0 Å². The van der Waals surface area contributed by atoms with Gasteiger partial charge >= 0.3 is 5.97 Å². The van der Waals surface area contributed by atoms with E-state index in [-0.39, 0.29) is 24.9 Å². The number of amides is 1. The summed E-state index contributed by atoms with van der Waals surface area (Å²) in [6, 6.07) is 7.52. The number of hydrogen-bond acceptors (Lipinski definition) is 4. The Morgan fingerprint density at radius 1 is 1.30 bits per heavy atom. The van der Waals surface area contributed by atoms with Crippen LogP contribution in [-0.2, 0) is 14.3 Å². The van der Waals surface area contributed by atoms with Crippen molar-refractivity contribution < 1.29 is 19.1 Å². The van der Waals surface area contributed by atoms with E-state index in [2.05, 4.69) is 4.74 Å². The lowest BCUT2D eigenvalue weighted by atomic mass is 10.2. The molecule has 0 atom stereocenters. The van der Waals surface area contributed by atoms with Crippen LogP contribution in [0, 0.1) is 6.92 Å². The van der Waals surface area contributed by atoms with Gasteiger partial charge < -0.3 is 14.4 Å². The lowest BCUT2D eigenvalue weighted by Crippen LogP contribution is -2.36. The van der Waals surface area contributed by atoms with Crippen molar-refractivity contribution in [3.8, 4) is 5.75 Å². The van der Waals surface area contributed by atoms with Gasteiger partial charge in [0, 0.05) is 13.1 Å². The number of carbonyl (C=O) groups excluding carboxylic acids is 2. The number of hydrogen-bond donors (Lipinski definition) is 0. The van der Waals surface area contributed by atoms with E-state index in [4.69, 9.17) is 4.74 Å². The average molecular weight is 279 g/mol. The molecule has 0 aliphatic heterocycles. The van der Waals surface area contributed by atoms with Gasteiger partial charge in [0.15, 0.2) is 6.61 Å². The summed E-state index contributed by atoms with van der Waals surface area (Å²) in [4.78, 5) is 24.6. The van der Waals surface area contributed by atoms with E-state index in [0.717, 1.165) is 5.56 Å². The predicted molar refractivity (Wildman–Crippen MR) is 75.6 cm³/mol. The van der Waals surface area contributed by atoms with Crippen LogP contribution in [0.5, 0.6) is 5.75 Å². The highest BCUT2D eigenvalue weighted by atomic mass is 16.5. The molecule has 0 aromatic heterocycles. The second-order valence-corrected chi connectivity index (χ2v) is 4.40. The lowest BCUT2D eigenvalue weighted by molar-refractivity contribution is -0.142. The first-order valence-electron chi connectivity index (χ1n) is 6.61. The number of aryl methyl sites for hydroxylation is 1. The molecule has 0 saturated heterocycles. The van der Waals surface area contributed by atoms with Gasteiger partial charge in [-0.1, -0.05) is 12.1 Å². The fourth-order valence-corrected chi connectivity index (χ4v) is 1.73. The monoisotopic (exact) mass is 279 g/mol. The highest BCUT2D eigenvalue weighted by molar-refractivity contribution is 5.78. The van der Waals surface area contributed by atoms with Crippen molar-refractivity contribution in [1.82, 2.24) is 4.90 Å². The highest BCUT2D eigenvalue weighted by Crippen LogP contribution is 2.12. The number of benzene rings is 1. The standard InChI is InChI=1S/C15H21NO4/c1-4-16(9-8-15(18)19-3)14(17)11-20-13-7-5-6-12(2)10-13/h5-7,10H,4,8-9,11H2,1-3H3. The summed E-state index contributed by atoms with van der Waals surface area (Å²) in [5.74, 6) is 0.205. The van der Waals surface area contributed by atoms with Crippen molar-refractivity contribution in [3.63, 3.8) is 0 Å². The Balaban J connectivity index is 2.45. The Bertz CT molecular complexity index is 459. The van der Waals surface area contributed by atoms with Crippen molar-refractivity contribution in [2.75, 3.05) is 26.8 Å². The Morgan fingerprint density at radius 3 is 2.65 bits per heavy atom. The van der Waals surface area contributed by atoms with E-state index < -0.39 is 0 Å². The zero-order chi connectivity index (χ0) is 15.0. The van der Waals surface area contributed by atoms with Crippen LogP contribution in [0.15, 0.2) is 24.3 Å². The number of esters is 1. The number of carbonyl (C=O) groups is 2. The summed E-state index contributed by atoms with van der Waals surface area (Å²) in [6.07, 6.45) is 0.195. The van der Waals surface area contributed by atoms with Gasteiger partial charge in [0.1, 0.15) is 5.75 Å². The molecule has 1 aromatic carbocycles. The van der Waals surface area contributed by atoms with Crippen LogP contribution < -0.4 is 4.74 Å². The van der Waals surface area contributed by atoms with Gasteiger partial charge in [0.25, 0.3) is 5.91 Å². The third kappa shape index (κ3) is 5.30.